The number of ether oxygens (including phenoxy) is 1. The number of hydrogen-bond donors (Lipinski definition) is 0. The topological polar surface area (TPSA) is 26.3 Å². The fourth-order valence-corrected chi connectivity index (χ4v) is 1.30. The third-order valence-corrected chi connectivity index (χ3v) is 1.90. The van der Waals surface area contributed by atoms with Crippen molar-refractivity contribution < 1.29 is 9.53 Å². The number of carbonyl (C=O) groups excluding carboxylic acids is 1. The summed E-state index contributed by atoms with van der Waals surface area (Å²) in [6.45, 7) is 0. The van der Waals surface area contributed by atoms with Gasteiger partial charge in [0.25, 0.3) is 0 Å². The lowest BCUT2D eigenvalue weighted by atomic mass is 10.0. The Morgan fingerprint density at radius 1 is 1.33 bits per heavy atom. The van der Waals surface area contributed by atoms with Crippen LogP contribution in [0.15, 0.2) is 30.5 Å². The Balaban J connectivity index is 2.52. The Labute approximate surface area is 70.5 Å². The lowest BCUT2D eigenvalue weighted by molar-refractivity contribution is -0.115. The predicted octanol–water partition coefficient (Wildman–Crippen LogP) is 1.93. The molecule has 1 aliphatic heterocycles. The molecule has 2 rings (SSSR count). The van der Waals surface area contributed by atoms with Gasteiger partial charge in [-0.2, -0.15) is 0 Å². The van der Waals surface area contributed by atoms with Crippen LogP contribution < -0.4 is 0 Å². The molecule has 1 aliphatic rings. The van der Waals surface area contributed by atoms with Gasteiger partial charge in [0.2, 0.25) is 0 Å². The molecule has 0 unspecified atom stereocenters. The maximum Gasteiger partial charge on any atom is 0.178 e. The molecule has 2 nitrogen and oxygen atoms in total. The van der Waals surface area contributed by atoms with Crippen LogP contribution in [-0.2, 0) is 9.53 Å². The zero-order valence-corrected chi connectivity index (χ0v) is 6.44. The molecule has 60 valence electrons. The first-order valence-corrected chi connectivity index (χ1v) is 3.78. The highest BCUT2D eigenvalue weighted by Gasteiger charge is 2.15. The molecule has 1 atom stereocenters. The van der Waals surface area contributed by atoms with E-state index in [9.17, 15) is 4.79 Å². The minimum atomic E-state index is -0.425. The summed E-state index contributed by atoms with van der Waals surface area (Å²) in [4.78, 5) is 10.6. The number of aldehydes is 1. The third kappa shape index (κ3) is 1.01. The van der Waals surface area contributed by atoms with Crippen molar-refractivity contribution in [3.05, 3.63) is 41.7 Å². The SMILES string of the molecule is O=C[C@H]1OC=Cc2ccccc21. The first kappa shape index (κ1) is 7.10. The zero-order chi connectivity index (χ0) is 8.39. The Bertz CT molecular complexity index is 328. The van der Waals surface area contributed by atoms with Gasteiger partial charge in [-0.3, -0.25) is 4.79 Å². The van der Waals surface area contributed by atoms with Crippen molar-refractivity contribution in [2.24, 2.45) is 0 Å². The average molecular weight is 160 g/mol. The third-order valence-electron chi connectivity index (χ3n) is 1.90. The number of carbonyl (C=O) groups is 1. The Kier molecular flexibility index (Phi) is 1.67. The predicted molar refractivity (Wildman–Crippen MR) is 45.4 cm³/mol. The number of rotatable bonds is 1. The van der Waals surface area contributed by atoms with Crippen molar-refractivity contribution in [2.75, 3.05) is 0 Å². The van der Waals surface area contributed by atoms with E-state index < -0.39 is 6.10 Å². The van der Waals surface area contributed by atoms with Crippen molar-refractivity contribution in [3.8, 4) is 0 Å². The fourth-order valence-electron chi connectivity index (χ4n) is 1.30. The van der Waals surface area contributed by atoms with Crippen molar-refractivity contribution >= 4 is 12.4 Å². The highest BCUT2D eigenvalue weighted by molar-refractivity contribution is 5.67. The Hall–Kier alpha value is -1.57. The second-order valence-electron chi connectivity index (χ2n) is 2.62. The minimum absolute atomic E-state index is 0.425. The largest absolute Gasteiger partial charge is 0.486 e. The van der Waals surface area contributed by atoms with Gasteiger partial charge in [0, 0.05) is 5.56 Å². The summed E-state index contributed by atoms with van der Waals surface area (Å²) in [5, 5.41) is 0. The quantitative estimate of drug-likeness (QED) is 0.587. The van der Waals surface area contributed by atoms with E-state index in [2.05, 4.69) is 0 Å². The summed E-state index contributed by atoms with van der Waals surface area (Å²) in [6.07, 6.45) is 3.80. The minimum Gasteiger partial charge on any atom is -0.486 e. The lowest BCUT2D eigenvalue weighted by Gasteiger charge is -2.17. The van der Waals surface area contributed by atoms with Crippen LogP contribution in [0.3, 0.4) is 0 Å². The molecule has 0 spiro atoms. The van der Waals surface area contributed by atoms with E-state index in [0.29, 0.717) is 0 Å². The average Bonchev–Trinajstić information content (AvgIpc) is 2.17. The van der Waals surface area contributed by atoms with E-state index in [0.717, 1.165) is 17.4 Å². The second-order valence-corrected chi connectivity index (χ2v) is 2.62. The molecule has 0 saturated heterocycles. The van der Waals surface area contributed by atoms with Crippen molar-refractivity contribution in [1.29, 1.82) is 0 Å². The first-order valence-electron chi connectivity index (χ1n) is 3.78. The number of benzene rings is 1. The molecule has 1 heterocycles. The van der Waals surface area contributed by atoms with Crippen LogP contribution in [0.2, 0.25) is 0 Å². The fraction of sp³-hybridized carbons (Fsp3) is 0.100. The van der Waals surface area contributed by atoms with E-state index in [-0.39, 0.29) is 0 Å². The maximum atomic E-state index is 10.6. The molecule has 0 fully saturated rings. The summed E-state index contributed by atoms with van der Waals surface area (Å²) in [5.74, 6) is 0. The van der Waals surface area contributed by atoms with Crippen LogP contribution in [-0.4, -0.2) is 6.29 Å². The van der Waals surface area contributed by atoms with Gasteiger partial charge in [0.15, 0.2) is 12.4 Å². The molecule has 2 heteroatoms. The maximum absolute atomic E-state index is 10.6. The monoisotopic (exact) mass is 160 g/mol. The first-order chi connectivity index (χ1) is 5.92. The zero-order valence-electron chi connectivity index (χ0n) is 6.44. The lowest BCUT2D eigenvalue weighted by Crippen LogP contribution is -2.06. The molecular formula is C10H8O2. The Morgan fingerprint density at radius 3 is 3.00 bits per heavy atom. The summed E-state index contributed by atoms with van der Waals surface area (Å²) in [6, 6.07) is 7.71. The molecule has 0 bridgehead atoms. The number of fused-ring (bicyclic) bond motifs is 1. The second kappa shape index (κ2) is 2.81. The number of hydrogen-bond acceptors (Lipinski definition) is 2. The molecule has 1 aromatic carbocycles. The standard InChI is InChI=1S/C10H8O2/c11-7-10-9-4-2-1-3-8(9)5-6-12-10/h1-7,10H/t10-/m1/s1. The molecule has 0 aliphatic carbocycles. The Morgan fingerprint density at radius 2 is 2.17 bits per heavy atom. The summed E-state index contributed by atoms with van der Waals surface area (Å²) < 4.78 is 5.10. The van der Waals surface area contributed by atoms with Crippen molar-refractivity contribution in [1.82, 2.24) is 0 Å². The van der Waals surface area contributed by atoms with E-state index >= 15 is 0 Å². The van der Waals surface area contributed by atoms with E-state index in [1.54, 1.807) is 6.26 Å². The highest BCUT2D eigenvalue weighted by atomic mass is 16.5. The molecule has 12 heavy (non-hydrogen) atoms. The molecule has 0 radical (unpaired) electrons. The van der Waals surface area contributed by atoms with Gasteiger partial charge in [0.1, 0.15) is 0 Å². The van der Waals surface area contributed by atoms with Gasteiger partial charge in [-0.05, 0) is 11.6 Å². The van der Waals surface area contributed by atoms with Crippen LogP contribution in [0.4, 0.5) is 0 Å². The molecule has 0 saturated carbocycles. The van der Waals surface area contributed by atoms with Crippen LogP contribution >= 0.6 is 0 Å². The van der Waals surface area contributed by atoms with Crippen LogP contribution in [0.25, 0.3) is 6.08 Å². The molecule has 0 N–H and O–H groups in total. The van der Waals surface area contributed by atoms with Crippen molar-refractivity contribution in [2.45, 2.75) is 6.10 Å². The normalized spacial score (nSPS) is 19.5. The summed E-state index contributed by atoms with van der Waals surface area (Å²) >= 11 is 0. The smallest absolute Gasteiger partial charge is 0.178 e. The molecule has 0 amide bonds. The van der Waals surface area contributed by atoms with Crippen LogP contribution in [0, 0.1) is 0 Å². The van der Waals surface area contributed by atoms with Gasteiger partial charge >= 0.3 is 0 Å². The molecule has 0 aromatic heterocycles. The summed E-state index contributed by atoms with van der Waals surface area (Å²) in [7, 11) is 0. The van der Waals surface area contributed by atoms with Crippen LogP contribution in [0.5, 0.6) is 0 Å². The van der Waals surface area contributed by atoms with Crippen molar-refractivity contribution in [3.63, 3.8) is 0 Å². The van der Waals surface area contributed by atoms with E-state index in [4.69, 9.17) is 4.74 Å². The molecular weight excluding hydrogens is 152 g/mol. The van der Waals surface area contributed by atoms with Gasteiger partial charge in [0.05, 0.1) is 6.26 Å². The summed E-state index contributed by atoms with van der Waals surface area (Å²) in [5.41, 5.74) is 2.00. The van der Waals surface area contributed by atoms with Crippen LogP contribution in [0.1, 0.15) is 17.2 Å². The highest BCUT2D eigenvalue weighted by Crippen LogP contribution is 2.25. The van der Waals surface area contributed by atoms with E-state index in [1.165, 1.54) is 0 Å². The van der Waals surface area contributed by atoms with E-state index in [1.807, 2.05) is 30.3 Å². The van der Waals surface area contributed by atoms with Gasteiger partial charge < -0.3 is 4.74 Å². The van der Waals surface area contributed by atoms with Gasteiger partial charge in [-0.1, -0.05) is 24.3 Å². The van der Waals surface area contributed by atoms with Gasteiger partial charge in [-0.15, -0.1) is 0 Å². The molecule has 1 aromatic rings. The van der Waals surface area contributed by atoms with Gasteiger partial charge in [-0.25, -0.2) is 0 Å².